The number of amides is 1. The van der Waals surface area contributed by atoms with Crippen molar-refractivity contribution in [3.63, 3.8) is 0 Å². The molecule has 23 heavy (non-hydrogen) atoms. The SMILES string of the molecule is O=C(c1ccc2[nH]ccc2c1)N1CC(c2nc(C3CC3)no2)C1. The molecule has 6 heteroatoms. The van der Waals surface area contributed by atoms with E-state index in [1.54, 1.807) is 0 Å². The van der Waals surface area contributed by atoms with Crippen molar-refractivity contribution in [1.29, 1.82) is 0 Å². The number of carbonyl (C=O) groups excluding carboxylic acids is 1. The molecule has 0 atom stereocenters. The molecule has 116 valence electrons. The van der Waals surface area contributed by atoms with Crippen molar-refractivity contribution in [2.45, 2.75) is 24.7 Å². The van der Waals surface area contributed by atoms with Crippen LogP contribution in [0.15, 0.2) is 35.0 Å². The number of H-pyrrole nitrogens is 1. The Morgan fingerprint density at radius 1 is 1.22 bits per heavy atom. The highest BCUT2D eigenvalue weighted by molar-refractivity contribution is 5.98. The van der Waals surface area contributed by atoms with E-state index < -0.39 is 0 Å². The Labute approximate surface area is 132 Å². The molecule has 6 nitrogen and oxygen atoms in total. The quantitative estimate of drug-likeness (QED) is 0.807. The first-order valence-electron chi connectivity index (χ1n) is 7.98. The Hall–Kier alpha value is -2.63. The summed E-state index contributed by atoms with van der Waals surface area (Å²) in [5, 5.41) is 5.10. The second kappa shape index (κ2) is 4.68. The van der Waals surface area contributed by atoms with Crippen LogP contribution in [0.25, 0.3) is 10.9 Å². The van der Waals surface area contributed by atoms with Crippen LogP contribution in [-0.2, 0) is 0 Å². The van der Waals surface area contributed by atoms with Crippen molar-refractivity contribution >= 4 is 16.8 Å². The molecule has 0 spiro atoms. The molecular formula is C17H16N4O2. The highest BCUT2D eigenvalue weighted by Crippen LogP contribution is 2.39. The minimum atomic E-state index is 0.0614. The fourth-order valence-corrected chi connectivity index (χ4v) is 3.09. The molecule has 2 aromatic heterocycles. The summed E-state index contributed by atoms with van der Waals surface area (Å²) >= 11 is 0. The summed E-state index contributed by atoms with van der Waals surface area (Å²) in [6.07, 6.45) is 4.21. The number of nitrogens with one attached hydrogen (secondary N) is 1. The fraction of sp³-hybridized carbons (Fsp3) is 0.353. The molecule has 1 amide bonds. The summed E-state index contributed by atoms with van der Waals surface area (Å²) in [5.74, 6) is 2.25. The molecule has 1 aliphatic carbocycles. The lowest BCUT2D eigenvalue weighted by atomic mass is 9.98. The van der Waals surface area contributed by atoms with Crippen molar-refractivity contribution < 1.29 is 9.32 Å². The Morgan fingerprint density at radius 3 is 2.91 bits per heavy atom. The van der Waals surface area contributed by atoms with Gasteiger partial charge in [-0.2, -0.15) is 4.98 Å². The predicted octanol–water partition coefficient (Wildman–Crippen LogP) is 2.67. The monoisotopic (exact) mass is 308 g/mol. The van der Waals surface area contributed by atoms with Crippen molar-refractivity contribution in [1.82, 2.24) is 20.0 Å². The molecule has 1 aromatic carbocycles. The van der Waals surface area contributed by atoms with Gasteiger partial charge in [-0.1, -0.05) is 5.16 Å². The Balaban J connectivity index is 1.28. The van der Waals surface area contributed by atoms with Crippen LogP contribution in [0.2, 0.25) is 0 Å². The summed E-state index contributed by atoms with van der Waals surface area (Å²) in [7, 11) is 0. The van der Waals surface area contributed by atoms with Gasteiger partial charge in [-0.15, -0.1) is 0 Å². The van der Waals surface area contributed by atoms with Gasteiger partial charge < -0.3 is 14.4 Å². The highest BCUT2D eigenvalue weighted by Gasteiger charge is 2.37. The molecular weight excluding hydrogens is 292 g/mol. The predicted molar refractivity (Wildman–Crippen MR) is 83.2 cm³/mol. The maximum atomic E-state index is 12.5. The van der Waals surface area contributed by atoms with E-state index in [4.69, 9.17) is 4.52 Å². The Kier molecular flexibility index (Phi) is 2.62. The zero-order chi connectivity index (χ0) is 15.4. The van der Waals surface area contributed by atoms with Gasteiger partial charge in [0.15, 0.2) is 5.82 Å². The van der Waals surface area contributed by atoms with Gasteiger partial charge in [-0.25, -0.2) is 0 Å². The average Bonchev–Trinajstić information content (AvgIpc) is 3.08. The van der Waals surface area contributed by atoms with Crippen molar-refractivity contribution in [2.75, 3.05) is 13.1 Å². The lowest BCUT2D eigenvalue weighted by Gasteiger charge is -2.37. The van der Waals surface area contributed by atoms with Crippen LogP contribution < -0.4 is 0 Å². The summed E-state index contributed by atoms with van der Waals surface area (Å²) in [5.41, 5.74) is 1.77. The standard InChI is InChI=1S/C17H16N4O2/c22-17(12-3-4-14-11(7-12)5-6-18-14)21-8-13(9-21)16-19-15(20-23-16)10-1-2-10/h3-7,10,13,18H,1-2,8-9H2. The molecule has 3 heterocycles. The molecule has 2 fully saturated rings. The van der Waals surface area contributed by atoms with Crippen molar-refractivity contribution in [3.8, 4) is 0 Å². The summed E-state index contributed by atoms with van der Waals surface area (Å²) in [6, 6.07) is 7.72. The molecule has 1 saturated heterocycles. The van der Waals surface area contributed by atoms with Crippen molar-refractivity contribution in [2.24, 2.45) is 0 Å². The second-order valence-electron chi connectivity index (χ2n) is 6.45. The van der Waals surface area contributed by atoms with Crippen LogP contribution in [0.1, 0.15) is 46.8 Å². The first-order chi connectivity index (χ1) is 11.3. The Morgan fingerprint density at radius 2 is 2.09 bits per heavy atom. The number of aromatic amines is 1. The molecule has 5 rings (SSSR count). The van der Waals surface area contributed by atoms with E-state index in [-0.39, 0.29) is 11.8 Å². The van der Waals surface area contributed by atoms with Crippen LogP contribution in [0.4, 0.5) is 0 Å². The average molecular weight is 308 g/mol. The topological polar surface area (TPSA) is 75.0 Å². The van der Waals surface area contributed by atoms with E-state index in [1.165, 1.54) is 0 Å². The number of rotatable bonds is 3. The number of likely N-dealkylation sites (tertiary alicyclic amines) is 1. The van der Waals surface area contributed by atoms with Gasteiger partial charge in [0.05, 0.1) is 5.92 Å². The maximum absolute atomic E-state index is 12.5. The Bertz CT molecular complexity index is 887. The van der Waals surface area contributed by atoms with Crippen LogP contribution >= 0.6 is 0 Å². The maximum Gasteiger partial charge on any atom is 0.253 e. The van der Waals surface area contributed by atoms with Crippen LogP contribution in [0.3, 0.4) is 0 Å². The zero-order valence-electron chi connectivity index (χ0n) is 12.5. The van der Waals surface area contributed by atoms with Crippen LogP contribution in [-0.4, -0.2) is 39.0 Å². The number of fused-ring (bicyclic) bond motifs is 1. The lowest BCUT2D eigenvalue weighted by molar-refractivity contribution is 0.0569. The first-order valence-corrected chi connectivity index (χ1v) is 7.98. The molecule has 1 saturated carbocycles. The highest BCUT2D eigenvalue weighted by atomic mass is 16.5. The van der Waals surface area contributed by atoms with Crippen LogP contribution in [0, 0.1) is 0 Å². The van der Waals surface area contributed by atoms with Gasteiger partial charge in [0.25, 0.3) is 5.91 Å². The van der Waals surface area contributed by atoms with Gasteiger partial charge in [0.2, 0.25) is 5.89 Å². The molecule has 1 N–H and O–H groups in total. The fourth-order valence-electron chi connectivity index (χ4n) is 3.09. The van der Waals surface area contributed by atoms with E-state index in [9.17, 15) is 4.79 Å². The number of carbonyl (C=O) groups is 1. The first kappa shape index (κ1) is 12.9. The molecule has 1 aliphatic heterocycles. The normalized spacial score (nSPS) is 18.3. The third-order valence-corrected chi connectivity index (χ3v) is 4.72. The third kappa shape index (κ3) is 2.13. The third-order valence-electron chi connectivity index (χ3n) is 4.72. The van der Waals surface area contributed by atoms with E-state index in [2.05, 4.69) is 15.1 Å². The molecule has 0 bridgehead atoms. The van der Waals surface area contributed by atoms with Crippen LogP contribution in [0.5, 0.6) is 0 Å². The van der Waals surface area contributed by atoms with Gasteiger partial charge in [0.1, 0.15) is 0 Å². The minimum Gasteiger partial charge on any atom is -0.361 e. The molecule has 3 aromatic rings. The van der Waals surface area contributed by atoms with Crippen molar-refractivity contribution in [3.05, 3.63) is 47.7 Å². The largest absolute Gasteiger partial charge is 0.361 e. The smallest absolute Gasteiger partial charge is 0.253 e. The zero-order valence-corrected chi connectivity index (χ0v) is 12.5. The molecule has 0 radical (unpaired) electrons. The summed E-state index contributed by atoms with van der Waals surface area (Å²) in [6.45, 7) is 1.30. The molecule has 0 unspecified atom stereocenters. The molecule has 2 aliphatic rings. The van der Waals surface area contributed by atoms with E-state index in [0.29, 0.717) is 24.9 Å². The number of aromatic nitrogens is 3. The van der Waals surface area contributed by atoms with E-state index in [1.807, 2.05) is 35.4 Å². The number of hydrogen-bond acceptors (Lipinski definition) is 4. The van der Waals surface area contributed by atoms with E-state index >= 15 is 0 Å². The summed E-state index contributed by atoms with van der Waals surface area (Å²) in [4.78, 5) is 22.0. The minimum absolute atomic E-state index is 0.0614. The number of benzene rings is 1. The van der Waals surface area contributed by atoms with Gasteiger partial charge in [-0.3, -0.25) is 4.79 Å². The van der Waals surface area contributed by atoms with Gasteiger partial charge in [0, 0.05) is 41.7 Å². The summed E-state index contributed by atoms with van der Waals surface area (Å²) < 4.78 is 5.35. The van der Waals surface area contributed by atoms with Gasteiger partial charge in [-0.05, 0) is 37.1 Å². The number of hydrogen-bond donors (Lipinski definition) is 1. The second-order valence-corrected chi connectivity index (χ2v) is 6.45. The lowest BCUT2D eigenvalue weighted by Crippen LogP contribution is -2.48. The van der Waals surface area contributed by atoms with E-state index in [0.717, 1.165) is 35.1 Å². The number of nitrogens with zero attached hydrogens (tertiary/aromatic N) is 3. The van der Waals surface area contributed by atoms with Gasteiger partial charge >= 0.3 is 0 Å².